The largest absolute Gasteiger partial charge is 0.491 e. The summed E-state index contributed by atoms with van der Waals surface area (Å²) in [5.41, 5.74) is 0. The zero-order valence-electron chi connectivity index (χ0n) is 10.1. The second-order valence-corrected chi connectivity index (χ2v) is 3.88. The van der Waals surface area contributed by atoms with E-state index in [4.69, 9.17) is 9.47 Å². The molecule has 1 N–H and O–H groups in total. The average molecular weight is 223 g/mol. The quantitative estimate of drug-likeness (QED) is 0.684. The minimum absolute atomic E-state index is 0.518. The molecular formula is C13H21NO2. The van der Waals surface area contributed by atoms with Crippen LogP contribution in [-0.2, 0) is 4.74 Å². The maximum absolute atomic E-state index is 5.49. The molecule has 1 rings (SSSR count). The van der Waals surface area contributed by atoms with Gasteiger partial charge in [-0.2, -0.15) is 0 Å². The fraction of sp³-hybridized carbons (Fsp3) is 0.538. The van der Waals surface area contributed by atoms with Gasteiger partial charge in [-0.15, -0.1) is 0 Å². The molecule has 1 aromatic carbocycles. The van der Waals surface area contributed by atoms with Crippen LogP contribution in [0.15, 0.2) is 30.3 Å². The maximum Gasteiger partial charge on any atom is 0.119 e. The van der Waals surface area contributed by atoms with Gasteiger partial charge in [0, 0.05) is 12.6 Å². The zero-order chi connectivity index (χ0) is 11.6. The van der Waals surface area contributed by atoms with Gasteiger partial charge in [0.25, 0.3) is 0 Å². The van der Waals surface area contributed by atoms with E-state index >= 15 is 0 Å². The minimum atomic E-state index is 0.518. The van der Waals surface area contributed by atoms with Crippen molar-refractivity contribution in [2.24, 2.45) is 0 Å². The van der Waals surface area contributed by atoms with Gasteiger partial charge < -0.3 is 14.8 Å². The molecule has 0 aliphatic rings. The smallest absolute Gasteiger partial charge is 0.119 e. The molecule has 90 valence electrons. The average Bonchev–Trinajstić information content (AvgIpc) is 2.29. The van der Waals surface area contributed by atoms with Crippen LogP contribution in [0.25, 0.3) is 0 Å². The first-order valence-corrected chi connectivity index (χ1v) is 5.78. The van der Waals surface area contributed by atoms with Crippen molar-refractivity contribution < 1.29 is 9.47 Å². The highest BCUT2D eigenvalue weighted by Gasteiger charge is 1.93. The lowest BCUT2D eigenvalue weighted by Gasteiger charge is -2.09. The SMILES string of the molecule is CC(C)NCCOCCOc1ccccc1. The van der Waals surface area contributed by atoms with Crippen molar-refractivity contribution in [1.82, 2.24) is 5.32 Å². The van der Waals surface area contributed by atoms with Gasteiger partial charge in [0.2, 0.25) is 0 Å². The molecular weight excluding hydrogens is 202 g/mol. The Morgan fingerprint density at radius 3 is 2.50 bits per heavy atom. The molecule has 0 radical (unpaired) electrons. The topological polar surface area (TPSA) is 30.5 Å². The molecule has 0 unspecified atom stereocenters. The van der Waals surface area contributed by atoms with Crippen LogP contribution in [-0.4, -0.2) is 32.4 Å². The highest BCUT2D eigenvalue weighted by atomic mass is 16.5. The van der Waals surface area contributed by atoms with Gasteiger partial charge in [0.15, 0.2) is 0 Å². The highest BCUT2D eigenvalue weighted by molar-refractivity contribution is 5.20. The Bertz CT molecular complexity index is 262. The van der Waals surface area contributed by atoms with Crippen LogP contribution in [0.3, 0.4) is 0 Å². The van der Waals surface area contributed by atoms with E-state index in [1.807, 2.05) is 30.3 Å². The number of benzene rings is 1. The summed E-state index contributed by atoms with van der Waals surface area (Å²) in [5.74, 6) is 0.895. The number of rotatable bonds is 8. The fourth-order valence-electron chi connectivity index (χ4n) is 1.26. The lowest BCUT2D eigenvalue weighted by molar-refractivity contribution is 0.101. The molecule has 0 atom stereocenters. The van der Waals surface area contributed by atoms with Crippen molar-refractivity contribution in [2.45, 2.75) is 19.9 Å². The number of hydrogen-bond donors (Lipinski definition) is 1. The highest BCUT2D eigenvalue weighted by Crippen LogP contribution is 2.07. The van der Waals surface area contributed by atoms with Crippen LogP contribution in [0.1, 0.15) is 13.8 Å². The summed E-state index contributed by atoms with van der Waals surface area (Å²) in [6.07, 6.45) is 0. The Kier molecular flexibility index (Phi) is 6.61. The van der Waals surface area contributed by atoms with Gasteiger partial charge in [-0.05, 0) is 12.1 Å². The molecule has 0 heterocycles. The van der Waals surface area contributed by atoms with Gasteiger partial charge in [0.05, 0.1) is 13.2 Å². The van der Waals surface area contributed by atoms with Crippen molar-refractivity contribution in [1.29, 1.82) is 0 Å². The number of nitrogens with one attached hydrogen (secondary N) is 1. The van der Waals surface area contributed by atoms with Crippen LogP contribution >= 0.6 is 0 Å². The van der Waals surface area contributed by atoms with E-state index in [1.165, 1.54) is 0 Å². The van der Waals surface area contributed by atoms with Crippen molar-refractivity contribution in [3.63, 3.8) is 0 Å². The van der Waals surface area contributed by atoms with Crippen LogP contribution in [0, 0.1) is 0 Å². The summed E-state index contributed by atoms with van der Waals surface area (Å²) in [6.45, 7) is 7.11. The molecule has 0 amide bonds. The lowest BCUT2D eigenvalue weighted by atomic mass is 10.3. The van der Waals surface area contributed by atoms with Gasteiger partial charge in [-0.3, -0.25) is 0 Å². The second kappa shape index (κ2) is 8.13. The molecule has 0 aromatic heterocycles. The Balaban J connectivity index is 1.93. The van der Waals surface area contributed by atoms with E-state index in [0.717, 1.165) is 18.9 Å². The molecule has 0 fully saturated rings. The predicted molar refractivity (Wildman–Crippen MR) is 65.9 cm³/mol. The Labute approximate surface area is 97.8 Å². The molecule has 3 heteroatoms. The van der Waals surface area contributed by atoms with Gasteiger partial charge in [-0.1, -0.05) is 32.0 Å². The van der Waals surface area contributed by atoms with Crippen LogP contribution < -0.4 is 10.1 Å². The van der Waals surface area contributed by atoms with E-state index in [9.17, 15) is 0 Å². The molecule has 0 aliphatic carbocycles. The van der Waals surface area contributed by atoms with E-state index in [2.05, 4.69) is 19.2 Å². The molecule has 0 saturated carbocycles. The third-order valence-electron chi connectivity index (χ3n) is 2.04. The molecule has 0 spiro atoms. The monoisotopic (exact) mass is 223 g/mol. The van der Waals surface area contributed by atoms with E-state index in [1.54, 1.807) is 0 Å². The summed E-state index contributed by atoms with van der Waals surface area (Å²) in [4.78, 5) is 0. The molecule has 0 bridgehead atoms. The third-order valence-corrected chi connectivity index (χ3v) is 2.04. The molecule has 0 saturated heterocycles. The maximum atomic E-state index is 5.49. The van der Waals surface area contributed by atoms with E-state index < -0.39 is 0 Å². The molecule has 1 aromatic rings. The second-order valence-electron chi connectivity index (χ2n) is 3.88. The van der Waals surface area contributed by atoms with Gasteiger partial charge in [0.1, 0.15) is 12.4 Å². The predicted octanol–water partition coefficient (Wildman–Crippen LogP) is 2.08. The minimum Gasteiger partial charge on any atom is -0.491 e. The van der Waals surface area contributed by atoms with Crippen LogP contribution in [0.5, 0.6) is 5.75 Å². The summed E-state index contributed by atoms with van der Waals surface area (Å²) in [5, 5.41) is 3.29. The van der Waals surface area contributed by atoms with Gasteiger partial charge >= 0.3 is 0 Å². The summed E-state index contributed by atoms with van der Waals surface area (Å²) in [6, 6.07) is 10.3. The standard InChI is InChI=1S/C13H21NO2/c1-12(2)14-8-9-15-10-11-16-13-6-4-3-5-7-13/h3-7,12,14H,8-11H2,1-2H3. The summed E-state index contributed by atoms with van der Waals surface area (Å²) in [7, 11) is 0. The lowest BCUT2D eigenvalue weighted by Crippen LogP contribution is -2.27. The van der Waals surface area contributed by atoms with Crippen molar-refractivity contribution in [3.05, 3.63) is 30.3 Å². The Morgan fingerprint density at radius 1 is 1.06 bits per heavy atom. The van der Waals surface area contributed by atoms with Crippen molar-refractivity contribution in [3.8, 4) is 5.75 Å². The Hall–Kier alpha value is -1.06. The number of ether oxygens (including phenoxy) is 2. The zero-order valence-corrected chi connectivity index (χ0v) is 10.1. The van der Waals surface area contributed by atoms with Crippen LogP contribution in [0.2, 0.25) is 0 Å². The first-order valence-electron chi connectivity index (χ1n) is 5.78. The van der Waals surface area contributed by atoms with E-state index in [-0.39, 0.29) is 0 Å². The van der Waals surface area contributed by atoms with Crippen molar-refractivity contribution >= 4 is 0 Å². The fourth-order valence-corrected chi connectivity index (χ4v) is 1.26. The first-order chi connectivity index (χ1) is 7.79. The third kappa shape index (κ3) is 6.43. The normalized spacial score (nSPS) is 10.7. The number of para-hydroxylation sites is 1. The Morgan fingerprint density at radius 2 is 1.81 bits per heavy atom. The molecule has 3 nitrogen and oxygen atoms in total. The van der Waals surface area contributed by atoms with Gasteiger partial charge in [-0.25, -0.2) is 0 Å². The summed E-state index contributed by atoms with van der Waals surface area (Å²) >= 11 is 0. The molecule has 16 heavy (non-hydrogen) atoms. The van der Waals surface area contributed by atoms with E-state index in [0.29, 0.717) is 19.3 Å². The summed E-state index contributed by atoms with van der Waals surface area (Å²) < 4.78 is 10.9. The molecule has 0 aliphatic heterocycles. The van der Waals surface area contributed by atoms with Crippen molar-refractivity contribution in [2.75, 3.05) is 26.4 Å². The van der Waals surface area contributed by atoms with Crippen LogP contribution in [0.4, 0.5) is 0 Å². The number of hydrogen-bond acceptors (Lipinski definition) is 3. The first kappa shape index (κ1) is 13.0.